The molecule has 0 bridgehead atoms. The zero-order valence-electron chi connectivity index (χ0n) is 17.3. The van der Waals surface area contributed by atoms with E-state index in [9.17, 15) is 4.79 Å². The molecular formula is C23H23N7O. The molecule has 0 spiro atoms. The van der Waals surface area contributed by atoms with Gasteiger partial charge in [0.2, 0.25) is 5.91 Å². The summed E-state index contributed by atoms with van der Waals surface area (Å²) >= 11 is 0. The van der Waals surface area contributed by atoms with Crippen molar-refractivity contribution in [1.29, 1.82) is 0 Å². The van der Waals surface area contributed by atoms with Gasteiger partial charge in [-0.15, -0.1) is 5.10 Å². The van der Waals surface area contributed by atoms with E-state index in [2.05, 4.69) is 20.3 Å². The number of aromatic nitrogens is 6. The molecule has 4 aromatic rings. The van der Waals surface area contributed by atoms with Gasteiger partial charge in [0.1, 0.15) is 17.9 Å². The lowest BCUT2D eigenvalue weighted by molar-refractivity contribution is -0.133. The van der Waals surface area contributed by atoms with Gasteiger partial charge in [-0.25, -0.2) is 14.6 Å². The standard InChI is InChI=1S/C23H23N7O/c1-16-25-13-19(17-8-10-24-11-9-17)23(26-16)18-5-4-12-29(14-18)22(31)15-30-21-7-3-2-6-20(21)27-28-30/h2-3,6-11,13,18H,4-5,12,14-15H2,1H3/t18-/m1/s1. The lowest BCUT2D eigenvalue weighted by Gasteiger charge is -2.33. The maximum Gasteiger partial charge on any atom is 0.244 e. The Labute approximate surface area is 180 Å². The molecule has 0 aliphatic carbocycles. The third-order valence-electron chi connectivity index (χ3n) is 5.80. The number of carbonyl (C=O) groups excluding carboxylic acids is 1. The lowest BCUT2D eigenvalue weighted by Crippen LogP contribution is -2.41. The highest BCUT2D eigenvalue weighted by molar-refractivity contribution is 5.80. The van der Waals surface area contributed by atoms with Crippen molar-refractivity contribution in [3.8, 4) is 11.1 Å². The Hall–Kier alpha value is -3.68. The van der Waals surface area contributed by atoms with E-state index in [0.717, 1.165) is 53.1 Å². The van der Waals surface area contributed by atoms with Crippen LogP contribution >= 0.6 is 0 Å². The van der Waals surface area contributed by atoms with Crippen molar-refractivity contribution in [2.45, 2.75) is 32.2 Å². The summed E-state index contributed by atoms with van der Waals surface area (Å²) in [5, 5.41) is 8.32. The van der Waals surface area contributed by atoms with Crippen LogP contribution in [0.15, 0.2) is 55.0 Å². The third kappa shape index (κ3) is 3.88. The molecule has 0 saturated carbocycles. The number of rotatable bonds is 4. The second-order valence-corrected chi connectivity index (χ2v) is 7.87. The SMILES string of the molecule is Cc1ncc(-c2ccncc2)c([C@@H]2CCCN(C(=O)Cn3nnc4ccccc43)C2)n1. The molecule has 1 aliphatic heterocycles. The maximum atomic E-state index is 13.1. The van der Waals surface area contributed by atoms with Crippen LogP contribution in [0.2, 0.25) is 0 Å². The molecule has 1 fully saturated rings. The van der Waals surface area contributed by atoms with Gasteiger partial charge in [-0.3, -0.25) is 9.78 Å². The van der Waals surface area contributed by atoms with Crippen LogP contribution in [-0.2, 0) is 11.3 Å². The predicted octanol–water partition coefficient (Wildman–Crippen LogP) is 3.00. The van der Waals surface area contributed by atoms with Crippen LogP contribution in [0, 0.1) is 6.92 Å². The average Bonchev–Trinajstić information content (AvgIpc) is 3.22. The molecule has 5 rings (SSSR count). The molecule has 1 saturated heterocycles. The second kappa shape index (κ2) is 8.22. The fraction of sp³-hybridized carbons (Fsp3) is 0.304. The van der Waals surface area contributed by atoms with E-state index in [1.54, 1.807) is 17.1 Å². The predicted molar refractivity (Wildman–Crippen MR) is 116 cm³/mol. The van der Waals surface area contributed by atoms with Gasteiger partial charge in [-0.1, -0.05) is 17.3 Å². The van der Waals surface area contributed by atoms with Crippen molar-refractivity contribution in [2.75, 3.05) is 13.1 Å². The van der Waals surface area contributed by atoms with Gasteiger partial charge in [0.25, 0.3) is 0 Å². The van der Waals surface area contributed by atoms with Gasteiger partial charge in [-0.05, 0) is 49.6 Å². The average molecular weight is 413 g/mol. The Morgan fingerprint density at radius 1 is 1.16 bits per heavy atom. The van der Waals surface area contributed by atoms with Gasteiger partial charge in [0.15, 0.2) is 0 Å². The van der Waals surface area contributed by atoms with Crippen molar-refractivity contribution in [3.63, 3.8) is 0 Å². The number of para-hydroxylation sites is 1. The molecule has 1 aliphatic rings. The number of aryl methyl sites for hydroxylation is 1. The molecule has 3 aromatic heterocycles. The van der Waals surface area contributed by atoms with E-state index in [-0.39, 0.29) is 18.4 Å². The summed E-state index contributed by atoms with van der Waals surface area (Å²) < 4.78 is 1.68. The van der Waals surface area contributed by atoms with Crippen LogP contribution in [0.5, 0.6) is 0 Å². The maximum absolute atomic E-state index is 13.1. The quantitative estimate of drug-likeness (QED) is 0.511. The highest BCUT2D eigenvalue weighted by Crippen LogP contribution is 2.33. The van der Waals surface area contributed by atoms with Crippen molar-refractivity contribution in [3.05, 3.63) is 66.5 Å². The first-order valence-corrected chi connectivity index (χ1v) is 10.5. The van der Waals surface area contributed by atoms with Gasteiger partial charge < -0.3 is 4.90 Å². The van der Waals surface area contributed by atoms with Gasteiger partial charge in [0.05, 0.1) is 11.2 Å². The number of nitrogens with zero attached hydrogens (tertiary/aromatic N) is 7. The minimum Gasteiger partial charge on any atom is -0.340 e. The number of carbonyl (C=O) groups is 1. The summed E-state index contributed by atoms with van der Waals surface area (Å²) in [6.45, 7) is 3.48. The van der Waals surface area contributed by atoms with Crippen LogP contribution in [0.3, 0.4) is 0 Å². The molecule has 1 atom stereocenters. The first-order valence-electron chi connectivity index (χ1n) is 10.5. The second-order valence-electron chi connectivity index (χ2n) is 7.87. The largest absolute Gasteiger partial charge is 0.340 e. The molecule has 0 N–H and O–H groups in total. The van der Waals surface area contributed by atoms with Crippen molar-refractivity contribution in [1.82, 2.24) is 34.8 Å². The van der Waals surface area contributed by atoms with Crippen LogP contribution in [0.25, 0.3) is 22.2 Å². The zero-order valence-corrected chi connectivity index (χ0v) is 17.3. The smallest absolute Gasteiger partial charge is 0.244 e. The normalized spacial score (nSPS) is 16.5. The van der Waals surface area contributed by atoms with E-state index in [4.69, 9.17) is 4.98 Å². The number of fused-ring (bicyclic) bond motifs is 1. The lowest BCUT2D eigenvalue weighted by atomic mass is 9.90. The number of hydrogen-bond acceptors (Lipinski definition) is 6. The van der Waals surface area contributed by atoms with Gasteiger partial charge >= 0.3 is 0 Å². The Balaban J connectivity index is 1.38. The highest BCUT2D eigenvalue weighted by Gasteiger charge is 2.28. The Kier molecular flexibility index (Phi) is 5.11. The molecule has 0 radical (unpaired) electrons. The van der Waals surface area contributed by atoms with E-state index >= 15 is 0 Å². The van der Waals surface area contributed by atoms with Crippen LogP contribution < -0.4 is 0 Å². The fourth-order valence-electron chi connectivity index (χ4n) is 4.24. The van der Waals surface area contributed by atoms with Gasteiger partial charge in [-0.2, -0.15) is 0 Å². The molecule has 156 valence electrons. The van der Waals surface area contributed by atoms with E-state index in [1.807, 2.05) is 54.4 Å². The minimum absolute atomic E-state index is 0.0524. The molecule has 8 heteroatoms. The zero-order chi connectivity index (χ0) is 21.2. The number of hydrogen-bond donors (Lipinski definition) is 0. The van der Waals surface area contributed by atoms with Crippen LogP contribution in [0.4, 0.5) is 0 Å². The molecule has 4 heterocycles. The molecule has 31 heavy (non-hydrogen) atoms. The Morgan fingerprint density at radius 3 is 2.87 bits per heavy atom. The van der Waals surface area contributed by atoms with E-state index < -0.39 is 0 Å². The molecule has 8 nitrogen and oxygen atoms in total. The summed E-state index contributed by atoms with van der Waals surface area (Å²) in [6, 6.07) is 11.6. The van der Waals surface area contributed by atoms with Crippen LogP contribution in [0.1, 0.15) is 30.3 Å². The molecule has 0 unspecified atom stereocenters. The third-order valence-corrected chi connectivity index (χ3v) is 5.80. The fourth-order valence-corrected chi connectivity index (χ4v) is 4.24. The highest BCUT2D eigenvalue weighted by atomic mass is 16.2. The summed E-state index contributed by atoms with van der Waals surface area (Å²) in [5.41, 5.74) is 4.72. The number of amides is 1. The first-order chi connectivity index (χ1) is 15.2. The number of pyridine rings is 1. The minimum atomic E-state index is 0.0524. The number of likely N-dealkylation sites (tertiary alicyclic amines) is 1. The van der Waals surface area contributed by atoms with Crippen molar-refractivity contribution in [2.24, 2.45) is 0 Å². The van der Waals surface area contributed by atoms with Gasteiger partial charge in [0, 0.05) is 43.2 Å². The molecule has 1 aromatic carbocycles. The topological polar surface area (TPSA) is 89.7 Å². The summed E-state index contributed by atoms with van der Waals surface area (Å²) in [4.78, 5) is 28.3. The van der Waals surface area contributed by atoms with Crippen LogP contribution in [-0.4, -0.2) is 53.8 Å². The Bertz CT molecular complexity index is 1220. The number of benzene rings is 1. The van der Waals surface area contributed by atoms with Crippen molar-refractivity contribution >= 4 is 16.9 Å². The van der Waals surface area contributed by atoms with Crippen molar-refractivity contribution < 1.29 is 4.79 Å². The monoisotopic (exact) mass is 413 g/mol. The summed E-state index contributed by atoms with van der Waals surface area (Å²) in [6.07, 6.45) is 7.36. The summed E-state index contributed by atoms with van der Waals surface area (Å²) in [5.74, 6) is 0.956. The summed E-state index contributed by atoms with van der Waals surface area (Å²) in [7, 11) is 0. The Morgan fingerprint density at radius 2 is 2.00 bits per heavy atom. The number of piperidine rings is 1. The molecular weight excluding hydrogens is 390 g/mol. The first kappa shape index (κ1) is 19.3. The van der Waals surface area contributed by atoms with E-state index in [0.29, 0.717) is 6.54 Å². The molecule has 1 amide bonds. The van der Waals surface area contributed by atoms with E-state index in [1.165, 1.54) is 0 Å².